The van der Waals surface area contributed by atoms with Crippen LogP contribution in [0.25, 0.3) is 0 Å². The second-order valence-electron chi connectivity index (χ2n) is 6.58. The Kier molecular flexibility index (Phi) is 7.17. The number of amides is 2. The molecule has 150 valence electrons. The lowest BCUT2D eigenvalue weighted by Gasteiger charge is -2.22. The summed E-state index contributed by atoms with van der Waals surface area (Å²) in [6.07, 6.45) is 1.73. The van der Waals surface area contributed by atoms with Gasteiger partial charge in [-0.25, -0.2) is 8.42 Å². The summed E-state index contributed by atoms with van der Waals surface area (Å²) in [4.78, 5) is 23.2. The Morgan fingerprint density at radius 2 is 1.61 bits per heavy atom. The molecule has 8 heteroatoms. The Morgan fingerprint density at radius 3 is 2.14 bits per heavy atom. The maximum Gasteiger partial charge on any atom is 0.232 e. The molecule has 0 aliphatic heterocycles. The number of hydrogen-bond acceptors (Lipinski definition) is 4. The fraction of sp³-hybridized carbons (Fsp3) is 0.300. The number of nitrogens with one attached hydrogen (secondary N) is 2. The van der Waals surface area contributed by atoms with Crippen molar-refractivity contribution in [2.45, 2.75) is 26.7 Å². The maximum atomic E-state index is 12.1. The summed E-state index contributed by atoms with van der Waals surface area (Å²) in [5, 5.41) is 5.42. The first-order valence-corrected chi connectivity index (χ1v) is 10.7. The fourth-order valence-corrected chi connectivity index (χ4v) is 3.67. The van der Waals surface area contributed by atoms with Crippen LogP contribution in [0.5, 0.6) is 0 Å². The van der Waals surface area contributed by atoms with Gasteiger partial charge in [0.25, 0.3) is 0 Å². The lowest BCUT2D eigenvalue weighted by atomic mass is 10.2. The second-order valence-corrected chi connectivity index (χ2v) is 8.49. The average molecular weight is 404 g/mol. The molecule has 2 aromatic rings. The molecule has 0 aromatic heterocycles. The molecule has 2 N–H and O–H groups in total. The van der Waals surface area contributed by atoms with Gasteiger partial charge in [0, 0.05) is 31.3 Å². The van der Waals surface area contributed by atoms with E-state index in [9.17, 15) is 18.0 Å². The van der Waals surface area contributed by atoms with Crippen molar-refractivity contribution in [3.63, 3.8) is 0 Å². The van der Waals surface area contributed by atoms with Gasteiger partial charge in [-0.15, -0.1) is 0 Å². The van der Waals surface area contributed by atoms with Gasteiger partial charge >= 0.3 is 0 Å². The van der Waals surface area contributed by atoms with E-state index in [0.717, 1.165) is 11.8 Å². The van der Waals surface area contributed by atoms with Crippen molar-refractivity contribution in [2.24, 2.45) is 0 Å². The van der Waals surface area contributed by atoms with Crippen molar-refractivity contribution in [1.82, 2.24) is 0 Å². The van der Waals surface area contributed by atoms with Gasteiger partial charge in [0.1, 0.15) is 0 Å². The number of hydrogen-bond donors (Lipinski definition) is 2. The van der Waals surface area contributed by atoms with Gasteiger partial charge in [0.15, 0.2) is 0 Å². The van der Waals surface area contributed by atoms with Crippen molar-refractivity contribution < 1.29 is 18.0 Å². The van der Waals surface area contributed by atoms with Gasteiger partial charge in [-0.3, -0.25) is 13.9 Å². The molecule has 0 heterocycles. The molecule has 0 aliphatic carbocycles. The minimum absolute atomic E-state index is 0.166. The molecule has 0 unspecified atom stereocenters. The maximum absolute atomic E-state index is 12.1. The van der Waals surface area contributed by atoms with E-state index < -0.39 is 10.0 Å². The SMILES string of the molecule is CC(=O)Nc1ccc(NC(=O)CCCN(c2cccc(C)c2)S(C)(=O)=O)cc1. The summed E-state index contributed by atoms with van der Waals surface area (Å²) < 4.78 is 25.5. The number of nitrogens with zero attached hydrogens (tertiary/aromatic N) is 1. The molecule has 0 saturated heterocycles. The van der Waals surface area contributed by atoms with Gasteiger partial charge in [-0.2, -0.15) is 0 Å². The molecule has 2 amide bonds. The van der Waals surface area contributed by atoms with Gasteiger partial charge in [0.2, 0.25) is 21.8 Å². The molecule has 0 bridgehead atoms. The predicted octanol–water partition coefficient (Wildman–Crippen LogP) is 3.14. The van der Waals surface area contributed by atoms with E-state index in [1.165, 1.54) is 11.2 Å². The Balaban J connectivity index is 1.91. The largest absolute Gasteiger partial charge is 0.326 e. The smallest absolute Gasteiger partial charge is 0.232 e. The van der Waals surface area contributed by atoms with Crippen molar-refractivity contribution in [3.05, 3.63) is 54.1 Å². The zero-order valence-corrected chi connectivity index (χ0v) is 17.0. The molecule has 0 radical (unpaired) electrons. The monoisotopic (exact) mass is 403 g/mol. The van der Waals surface area contributed by atoms with E-state index in [1.807, 2.05) is 13.0 Å². The molecular weight excluding hydrogens is 378 g/mol. The van der Waals surface area contributed by atoms with Crippen LogP contribution in [0, 0.1) is 6.92 Å². The molecule has 28 heavy (non-hydrogen) atoms. The van der Waals surface area contributed by atoms with Crippen LogP contribution in [0.4, 0.5) is 17.1 Å². The zero-order valence-electron chi connectivity index (χ0n) is 16.2. The predicted molar refractivity (Wildman–Crippen MR) is 112 cm³/mol. The summed E-state index contributed by atoms with van der Waals surface area (Å²) in [5.74, 6) is -0.370. The standard InChI is InChI=1S/C20H25N3O4S/c1-15-6-4-7-19(14-15)23(28(3,26)27)13-5-8-20(25)22-18-11-9-17(10-12-18)21-16(2)24/h4,6-7,9-12,14H,5,8,13H2,1-3H3,(H,21,24)(H,22,25). The highest BCUT2D eigenvalue weighted by Crippen LogP contribution is 2.20. The summed E-state index contributed by atoms with van der Waals surface area (Å²) in [7, 11) is -3.44. The van der Waals surface area contributed by atoms with Gasteiger partial charge in [-0.05, 0) is 55.3 Å². The summed E-state index contributed by atoms with van der Waals surface area (Å²) in [6, 6.07) is 14.0. The van der Waals surface area contributed by atoms with Gasteiger partial charge < -0.3 is 10.6 Å². The van der Waals surface area contributed by atoms with E-state index in [4.69, 9.17) is 0 Å². The molecule has 0 saturated carbocycles. The minimum atomic E-state index is -3.44. The van der Waals surface area contributed by atoms with Crippen molar-refractivity contribution in [3.8, 4) is 0 Å². The van der Waals surface area contributed by atoms with Crippen LogP contribution in [0.15, 0.2) is 48.5 Å². The highest BCUT2D eigenvalue weighted by molar-refractivity contribution is 7.92. The minimum Gasteiger partial charge on any atom is -0.326 e. The molecule has 0 fully saturated rings. The first kappa shape index (κ1) is 21.4. The molecule has 7 nitrogen and oxygen atoms in total. The van der Waals surface area contributed by atoms with E-state index in [1.54, 1.807) is 42.5 Å². The van der Waals surface area contributed by atoms with Gasteiger partial charge in [-0.1, -0.05) is 12.1 Å². The molecule has 2 aromatic carbocycles. The van der Waals surface area contributed by atoms with Crippen LogP contribution in [0.3, 0.4) is 0 Å². The van der Waals surface area contributed by atoms with Crippen molar-refractivity contribution in [2.75, 3.05) is 27.7 Å². The van der Waals surface area contributed by atoms with Gasteiger partial charge in [0.05, 0.1) is 11.9 Å². The number of anilines is 3. The van der Waals surface area contributed by atoms with E-state index >= 15 is 0 Å². The Morgan fingerprint density at radius 1 is 1.00 bits per heavy atom. The lowest BCUT2D eigenvalue weighted by Crippen LogP contribution is -2.31. The molecule has 0 atom stereocenters. The highest BCUT2D eigenvalue weighted by Gasteiger charge is 2.17. The van der Waals surface area contributed by atoms with E-state index in [-0.39, 0.29) is 24.8 Å². The van der Waals surface area contributed by atoms with Crippen molar-refractivity contribution in [1.29, 1.82) is 0 Å². The average Bonchev–Trinajstić information content (AvgIpc) is 2.59. The third-order valence-electron chi connectivity index (χ3n) is 3.94. The first-order chi connectivity index (χ1) is 13.1. The van der Waals surface area contributed by atoms with Crippen molar-refractivity contribution >= 4 is 38.9 Å². The molecule has 0 spiro atoms. The highest BCUT2D eigenvalue weighted by atomic mass is 32.2. The van der Waals surface area contributed by atoms with Crippen LogP contribution < -0.4 is 14.9 Å². The summed E-state index contributed by atoms with van der Waals surface area (Å²) in [5.41, 5.74) is 2.81. The Hall–Kier alpha value is -2.87. The number of benzene rings is 2. The normalized spacial score (nSPS) is 11.0. The first-order valence-electron chi connectivity index (χ1n) is 8.87. The Labute approximate surface area is 165 Å². The second kappa shape index (κ2) is 9.36. The number of sulfonamides is 1. The van der Waals surface area contributed by atoms with Crippen LogP contribution >= 0.6 is 0 Å². The molecular formula is C20H25N3O4S. The van der Waals surface area contributed by atoms with Crippen LogP contribution in [-0.4, -0.2) is 33.0 Å². The summed E-state index contributed by atoms with van der Waals surface area (Å²) in [6.45, 7) is 3.54. The number of rotatable bonds is 8. The van der Waals surface area contributed by atoms with E-state index in [2.05, 4.69) is 10.6 Å². The number of aryl methyl sites for hydroxylation is 1. The van der Waals surface area contributed by atoms with Crippen LogP contribution in [0.2, 0.25) is 0 Å². The topological polar surface area (TPSA) is 95.6 Å². The number of carbonyl (C=O) groups is 2. The fourth-order valence-electron chi connectivity index (χ4n) is 2.72. The molecule has 2 rings (SSSR count). The Bertz CT molecular complexity index is 940. The third-order valence-corrected chi connectivity index (χ3v) is 5.14. The lowest BCUT2D eigenvalue weighted by molar-refractivity contribution is -0.116. The zero-order chi connectivity index (χ0) is 20.7. The summed E-state index contributed by atoms with van der Waals surface area (Å²) >= 11 is 0. The third kappa shape index (κ3) is 6.70. The van der Waals surface area contributed by atoms with Crippen LogP contribution in [0.1, 0.15) is 25.3 Å². The van der Waals surface area contributed by atoms with E-state index in [0.29, 0.717) is 23.5 Å². The molecule has 0 aliphatic rings. The quantitative estimate of drug-likeness (QED) is 0.708. The number of carbonyl (C=O) groups excluding carboxylic acids is 2. The van der Waals surface area contributed by atoms with Crippen LogP contribution in [-0.2, 0) is 19.6 Å².